The van der Waals surface area contributed by atoms with Crippen LogP contribution in [0.2, 0.25) is 0 Å². The van der Waals surface area contributed by atoms with E-state index in [-0.39, 0.29) is 0 Å². The van der Waals surface area contributed by atoms with E-state index >= 15 is 0 Å². The fourth-order valence-electron chi connectivity index (χ4n) is 1.38. The quantitative estimate of drug-likeness (QED) is 0.622. The summed E-state index contributed by atoms with van der Waals surface area (Å²) in [6.45, 7) is 10.1. The SMILES string of the molecule is C=C/C(C)=C(C)\C=C(/C)c1ccccc1. The van der Waals surface area contributed by atoms with Crippen molar-refractivity contribution in [2.75, 3.05) is 0 Å². The first kappa shape index (κ1) is 11.5. The summed E-state index contributed by atoms with van der Waals surface area (Å²) in [5.41, 5.74) is 5.06. The van der Waals surface area contributed by atoms with Crippen LogP contribution in [0.3, 0.4) is 0 Å². The van der Waals surface area contributed by atoms with Crippen LogP contribution in [-0.2, 0) is 0 Å². The molecule has 15 heavy (non-hydrogen) atoms. The highest BCUT2D eigenvalue weighted by Crippen LogP contribution is 2.17. The lowest BCUT2D eigenvalue weighted by molar-refractivity contribution is 1.37. The average molecular weight is 198 g/mol. The fraction of sp³-hybridized carbons (Fsp3) is 0.200. The summed E-state index contributed by atoms with van der Waals surface area (Å²) in [5, 5.41) is 0. The van der Waals surface area contributed by atoms with E-state index in [0.717, 1.165) is 0 Å². The molecule has 0 N–H and O–H groups in total. The lowest BCUT2D eigenvalue weighted by Gasteiger charge is -2.03. The van der Waals surface area contributed by atoms with Gasteiger partial charge in [-0.3, -0.25) is 0 Å². The molecule has 0 spiro atoms. The van der Waals surface area contributed by atoms with Crippen molar-refractivity contribution >= 4 is 5.57 Å². The molecule has 0 aliphatic carbocycles. The van der Waals surface area contributed by atoms with E-state index in [1.807, 2.05) is 12.1 Å². The summed E-state index contributed by atoms with van der Waals surface area (Å²) in [6, 6.07) is 10.4. The maximum Gasteiger partial charge on any atom is -0.0227 e. The first-order chi connectivity index (χ1) is 7.15. The van der Waals surface area contributed by atoms with Crippen LogP contribution in [0.25, 0.3) is 5.57 Å². The smallest absolute Gasteiger partial charge is 0.0227 e. The highest BCUT2D eigenvalue weighted by molar-refractivity contribution is 5.66. The summed E-state index contributed by atoms with van der Waals surface area (Å²) < 4.78 is 0. The van der Waals surface area contributed by atoms with Crippen molar-refractivity contribution in [3.8, 4) is 0 Å². The van der Waals surface area contributed by atoms with Crippen LogP contribution < -0.4 is 0 Å². The summed E-state index contributed by atoms with van der Waals surface area (Å²) in [5.74, 6) is 0. The molecule has 1 aromatic carbocycles. The van der Waals surface area contributed by atoms with E-state index in [1.54, 1.807) is 0 Å². The third-order valence-corrected chi connectivity index (χ3v) is 2.59. The number of hydrogen-bond acceptors (Lipinski definition) is 0. The van der Waals surface area contributed by atoms with E-state index in [9.17, 15) is 0 Å². The van der Waals surface area contributed by atoms with Crippen LogP contribution >= 0.6 is 0 Å². The molecule has 0 bridgehead atoms. The molecular weight excluding hydrogens is 180 g/mol. The van der Waals surface area contributed by atoms with Gasteiger partial charge in [0.1, 0.15) is 0 Å². The van der Waals surface area contributed by atoms with Gasteiger partial charge in [0.25, 0.3) is 0 Å². The Morgan fingerprint density at radius 1 is 1.00 bits per heavy atom. The van der Waals surface area contributed by atoms with Crippen molar-refractivity contribution in [2.45, 2.75) is 20.8 Å². The highest BCUT2D eigenvalue weighted by atomic mass is 14.0. The van der Waals surface area contributed by atoms with Gasteiger partial charge in [-0.05, 0) is 43.1 Å². The van der Waals surface area contributed by atoms with E-state index < -0.39 is 0 Å². The van der Waals surface area contributed by atoms with Crippen LogP contribution in [0.5, 0.6) is 0 Å². The summed E-state index contributed by atoms with van der Waals surface area (Å²) in [6.07, 6.45) is 4.09. The zero-order valence-electron chi connectivity index (χ0n) is 9.75. The molecule has 78 valence electrons. The van der Waals surface area contributed by atoms with Crippen molar-refractivity contribution in [1.29, 1.82) is 0 Å². The topological polar surface area (TPSA) is 0 Å². The molecule has 1 rings (SSSR count). The third kappa shape index (κ3) is 3.25. The van der Waals surface area contributed by atoms with Gasteiger partial charge in [0.15, 0.2) is 0 Å². The summed E-state index contributed by atoms with van der Waals surface area (Å²) in [4.78, 5) is 0. The Morgan fingerprint density at radius 2 is 1.60 bits per heavy atom. The highest BCUT2D eigenvalue weighted by Gasteiger charge is 1.95. The van der Waals surface area contributed by atoms with Gasteiger partial charge >= 0.3 is 0 Å². The third-order valence-electron chi connectivity index (χ3n) is 2.59. The van der Waals surface area contributed by atoms with Crippen molar-refractivity contribution in [2.24, 2.45) is 0 Å². The summed E-state index contributed by atoms with van der Waals surface area (Å²) in [7, 11) is 0. The summed E-state index contributed by atoms with van der Waals surface area (Å²) >= 11 is 0. The Kier molecular flexibility index (Phi) is 4.11. The second-order valence-corrected chi connectivity index (χ2v) is 3.76. The number of rotatable bonds is 3. The average Bonchev–Trinajstić information content (AvgIpc) is 2.29. The fourth-order valence-corrected chi connectivity index (χ4v) is 1.38. The molecular formula is C15H18. The van der Waals surface area contributed by atoms with E-state index in [0.29, 0.717) is 0 Å². The van der Waals surface area contributed by atoms with Gasteiger partial charge in [-0.15, -0.1) is 0 Å². The molecule has 0 aliphatic heterocycles. The minimum Gasteiger partial charge on any atom is -0.0988 e. The Hall–Kier alpha value is -1.56. The zero-order valence-corrected chi connectivity index (χ0v) is 9.75. The first-order valence-corrected chi connectivity index (χ1v) is 5.18. The second-order valence-electron chi connectivity index (χ2n) is 3.76. The zero-order chi connectivity index (χ0) is 11.3. The maximum absolute atomic E-state index is 3.77. The van der Waals surface area contributed by atoms with Crippen molar-refractivity contribution < 1.29 is 0 Å². The molecule has 0 saturated heterocycles. The Balaban J connectivity index is 3.00. The van der Waals surface area contributed by atoms with E-state index in [4.69, 9.17) is 0 Å². The van der Waals surface area contributed by atoms with Crippen LogP contribution in [0, 0.1) is 0 Å². The van der Waals surface area contributed by atoms with Crippen LogP contribution in [-0.4, -0.2) is 0 Å². The van der Waals surface area contributed by atoms with Crippen LogP contribution in [0.4, 0.5) is 0 Å². The first-order valence-electron chi connectivity index (χ1n) is 5.18. The largest absolute Gasteiger partial charge is 0.0988 e. The number of allylic oxidation sites excluding steroid dienone is 5. The molecule has 0 fully saturated rings. The Morgan fingerprint density at radius 3 is 2.13 bits per heavy atom. The molecule has 0 saturated carbocycles. The minimum atomic E-state index is 1.23. The minimum absolute atomic E-state index is 1.23. The van der Waals surface area contributed by atoms with Gasteiger partial charge in [-0.1, -0.05) is 49.1 Å². The standard InChI is InChI=1S/C15H18/c1-5-12(2)13(3)11-14(4)15-9-7-6-8-10-15/h5-11H,1H2,2-4H3/b13-12-,14-11+. The van der Waals surface area contributed by atoms with Crippen molar-refractivity contribution in [3.63, 3.8) is 0 Å². The molecule has 0 atom stereocenters. The molecule has 0 aromatic heterocycles. The molecule has 0 heteroatoms. The molecule has 0 amide bonds. The number of hydrogen-bond donors (Lipinski definition) is 0. The maximum atomic E-state index is 3.77. The number of benzene rings is 1. The van der Waals surface area contributed by atoms with E-state index in [2.05, 4.69) is 57.7 Å². The van der Waals surface area contributed by atoms with Crippen LogP contribution in [0.15, 0.2) is 60.2 Å². The van der Waals surface area contributed by atoms with Gasteiger partial charge in [0.05, 0.1) is 0 Å². The molecule has 0 nitrogen and oxygen atoms in total. The monoisotopic (exact) mass is 198 g/mol. The van der Waals surface area contributed by atoms with Gasteiger partial charge in [0.2, 0.25) is 0 Å². The lowest BCUT2D eigenvalue weighted by atomic mass is 10.0. The molecule has 0 unspecified atom stereocenters. The second kappa shape index (κ2) is 5.35. The van der Waals surface area contributed by atoms with Gasteiger partial charge in [-0.25, -0.2) is 0 Å². The molecule has 0 radical (unpaired) electrons. The van der Waals surface area contributed by atoms with Gasteiger partial charge in [0, 0.05) is 0 Å². The molecule has 0 aliphatic rings. The van der Waals surface area contributed by atoms with Gasteiger partial charge in [-0.2, -0.15) is 0 Å². The van der Waals surface area contributed by atoms with Crippen molar-refractivity contribution in [3.05, 3.63) is 65.8 Å². The van der Waals surface area contributed by atoms with Crippen LogP contribution in [0.1, 0.15) is 26.3 Å². The Labute approximate surface area is 92.6 Å². The lowest BCUT2D eigenvalue weighted by Crippen LogP contribution is -1.81. The normalized spacial score (nSPS) is 13.4. The van der Waals surface area contributed by atoms with Gasteiger partial charge < -0.3 is 0 Å². The molecule has 1 aromatic rings. The predicted octanol–water partition coefficient (Wildman–Crippen LogP) is 4.61. The Bertz CT molecular complexity index is 391. The van der Waals surface area contributed by atoms with Crippen molar-refractivity contribution in [1.82, 2.24) is 0 Å². The van der Waals surface area contributed by atoms with E-state index in [1.165, 1.54) is 22.3 Å². The molecule has 0 heterocycles. The predicted molar refractivity (Wildman–Crippen MR) is 68.7 cm³/mol.